The number of halogens is 1. The van der Waals surface area contributed by atoms with E-state index in [4.69, 9.17) is 11.6 Å². The Hall–Kier alpha value is -3.77. The molecule has 7 heteroatoms. The zero-order valence-electron chi connectivity index (χ0n) is 15.2. The molecule has 0 aliphatic heterocycles. The standard InChI is InChI=1S/C22H16ClN5O/c23-18-8-6-7-16(13-18)21-17(15-28(27-21)19-9-2-1-3-10-19)14-25-26-22(29)20-11-4-5-12-24-20/h1-15H,(H,26,29)/b25-14-. The van der Waals surface area contributed by atoms with Crippen LogP contribution in [-0.4, -0.2) is 26.9 Å². The van der Waals surface area contributed by atoms with Crippen molar-refractivity contribution in [3.05, 3.63) is 101 Å². The molecule has 2 aromatic carbocycles. The van der Waals surface area contributed by atoms with Gasteiger partial charge in [-0.15, -0.1) is 0 Å². The molecule has 1 amide bonds. The second kappa shape index (κ2) is 8.50. The van der Waals surface area contributed by atoms with E-state index in [1.54, 1.807) is 41.4 Å². The van der Waals surface area contributed by atoms with Gasteiger partial charge in [-0.25, -0.2) is 10.1 Å². The summed E-state index contributed by atoms with van der Waals surface area (Å²) in [5.74, 6) is -0.387. The van der Waals surface area contributed by atoms with Crippen LogP contribution in [0.1, 0.15) is 16.1 Å². The molecule has 0 radical (unpaired) electrons. The van der Waals surface area contributed by atoms with Gasteiger partial charge in [-0.2, -0.15) is 10.2 Å². The highest BCUT2D eigenvalue weighted by Gasteiger charge is 2.12. The van der Waals surface area contributed by atoms with Crippen molar-refractivity contribution in [2.24, 2.45) is 5.10 Å². The van der Waals surface area contributed by atoms with Crippen LogP contribution in [0.3, 0.4) is 0 Å². The average molecular weight is 402 g/mol. The summed E-state index contributed by atoms with van der Waals surface area (Å²) in [7, 11) is 0. The van der Waals surface area contributed by atoms with Gasteiger partial charge in [0.1, 0.15) is 11.4 Å². The summed E-state index contributed by atoms with van der Waals surface area (Å²) in [5, 5.41) is 9.39. The minimum Gasteiger partial charge on any atom is -0.266 e. The molecule has 4 rings (SSSR count). The van der Waals surface area contributed by atoms with Crippen LogP contribution < -0.4 is 5.43 Å². The number of carbonyl (C=O) groups is 1. The lowest BCUT2D eigenvalue weighted by molar-refractivity contribution is 0.0950. The molecule has 0 saturated carbocycles. The molecule has 1 N–H and O–H groups in total. The van der Waals surface area contributed by atoms with E-state index in [2.05, 4.69) is 20.6 Å². The van der Waals surface area contributed by atoms with E-state index in [9.17, 15) is 4.79 Å². The van der Waals surface area contributed by atoms with Crippen molar-refractivity contribution >= 4 is 23.7 Å². The first-order valence-corrected chi connectivity index (χ1v) is 9.24. The molecule has 0 bridgehead atoms. The number of benzene rings is 2. The molecule has 0 aliphatic rings. The average Bonchev–Trinajstić information content (AvgIpc) is 3.19. The smallest absolute Gasteiger partial charge is 0.266 e. The van der Waals surface area contributed by atoms with Crippen LogP contribution in [-0.2, 0) is 0 Å². The maximum atomic E-state index is 12.1. The zero-order valence-corrected chi connectivity index (χ0v) is 16.0. The maximum Gasteiger partial charge on any atom is 0.289 e. The lowest BCUT2D eigenvalue weighted by Crippen LogP contribution is -2.18. The molecule has 0 unspecified atom stereocenters. The number of hydrogen-bond acceptors (Lipinski definition) is 4. The highest BCUT2D eigenvalue weighted by atomic mass is 35.5. The summed E-state index contributed by atoms with van der Waals surface area (Å²) in [6.45, 7) is 0. The molecule has 0 saturated heterocycles. The zero-order chi connectivity index (χ0) is 20.1. The Kier molecular flexibility index (Phi) is 5.45. The van der Waals surface area contributed by atoms with Crippen LogP contribution in [0.4, 0.5) is 0 Å². The molecule has 0 spiro atoms. The molecule has 0 aliphatic carbocycles. The maximum absolute atomic E-state index is 12.1. The first-order valence-electron chi connectivity index (χ1n) is 8.86. The normalized spacial score (nSPS) is 10.9. The van der Waals surface area contributed by atoms with Crippen LogP contribution in [0, 0.1) is 0 Å². The number of amides is 1. The minimum absolute atomic E-state index is 0.291. The third-order valence-electron chi connectivity index (χ3n) is 4.13. The van der Waals surface area contributed by atoms with Gasteiger partial charge >= 0.3 is 0 Å². The van der Waals surface area contributed by atoms with Gasteiger partial charge in [0.05, 0.1) is 11.9 Å². The Balaban J connectivity index is 1.66. The topological polar surface area (TPSA) is 72.2 Å². The fraction of sp³-hybridized carbons (Fsp3) is 0. The van der Waals surface area contributed by atoms with E-state index >= 15 is 0 Å². The van der Waals surface area contributed by atoms with E-state index in [-0.39, 0.29) is 5.91 Å². The summed E-state index contributed by atoms with van der Waals surface area (Å²) in [4.78, 5) is 16.1. The summed E-state index contributed by atoms with van der Waals surface area (Å²) in [5.41, 5.74) is 5.98. The van der Waals surface area contributed by atoms with Crippen LogP contribution in [0.2, 0.25) is 5.02 Å². The Morgan fingerprint density at radius 1 is 1.03 bits per heavy atom. The summed E-state index contributed by atoms with van der Waals surface area (Å²) in [6, 6.07) is 22.3. The predicted molar refractivity (Wildman–Crippen MR) is 113 cm³/mol. The molecular formula is C22H16ClN5O. The molecular weight excluding hydrogens is 386 g/mol. The molecule has 29 heavy (non-hydrogen) atoms. The van der Waals surface area contributed by atoms with E-state index in [1.165, 1.54) is 0 Å². The molecule has 0 fully saturated rings. The SMILES string of the molecule is O=C(N/N=C\c1cn(-c2ccccc2)nc1-c1cccc(Cl)c1)c1ccccn1. The third-order valence-corrected chi connectivity index (χ3v) is 4.36. The van der Waals surface area contributed by atoms with E-state index in [1.807, 2.05) is 54.7 Å². The molecule has 142 valence electrons. The first-order chi connectivity index (χ1) is 14.2. The highest BCUT2D eigenvalue weighted by molar-refractivity contribution is 6.30. The van der Waals surface area contributed by atoms with Crippen molar-refractivity contribution < 1.29 is 4.79 Å². The van der Waals surface area contributed by atoms with Crippen LogP contribution in [0.5, 0.6) is 0 Å². The Morgan fingerprint density at radius 2 is 1.86 bits per heavy atom. The molecule has 4 aromatic rings. The second-order valence-corrected chi connectivity index (χ2v) is 6.57. The highest BCUT2D eigenvalue weighted by Crippen LogP contribution is 2.25. The lowest BCUT2D eigenvalue weighted by atomic mass is 10.1. The predicted octanol–water partition coefficient (Wildman–Crippen LogP) is 4.35. The molecule has 6 nitrogen and oxygen atoms in total. The fourth-order valence-corrected chi connectivity index (χ4v) is 2.96. The summed E-state index contributed by atoms with van der Waals surface area (Å²) < 4.78 is 1.76. The van der Waals surface area contributed by atoms with Crippen molar-refractivity contribution in [3.8, 4) is 16.9 Å². The summed E-state index contributed by atoms with van der Waals surface area (Å²) >= 11 is 6.15. The quantitative estimate of drug-likeness (QED) is 0.399. The Morgan fingerprint density at radius 3 is 2.62 bits per heavy atom. The number of aromatic nitrogens is 3. The number of carbonyl (C=O) groups excluding carboxylic acids is 1. The van der Waals surface area contributed by atoms with Gasteiger partial charge < -0.3 is 0 Å². The van der Waals surface area contributed by atoms with Gasteiger partial charge in [-0.1, -0.05) is 48.0 Å². The van der Waals surface area contributed by atoms with Crippen molar-refractivity contribution in [1.82, 2.24) is 20.2 Å². The van der Waals surface area contributed by atoms with Gasteiger partial charge in [0.15, 0.2) is 0 Å². The number of rotatable bonds is 5. The number of nitrogens with one attached hydrogen (secondary N) is 1. The number of hydrogen-bond donors (Lipinski definition) is 1. The van der Waals surface area contributed by atoms with Gasteiger partial charge in [0.2, 0.25) is 0 Å². The number of hydrazone groups is 1. The Labute approximate surface area is 172 Å². The van der Waals surface area contributed by atoms with Gasteiger partial charge in [0, 0.05) is 28.5 Å². The van der Waals surface area contributed by atoms with Gasteiger partial charge in [-0.05, 0) is 36.4 Å². The summed E-state index contributed by atoms with van der Waals surface area (Å²) in [6.07, 6.45) is 4.96. The van der Waals surface area contributed by atoms with E-state index in [0.717, 1.165) is 16.8 Å². The third kappa shape index (κ3) is 4.39. The monoisotopic (exact) mass is 401 g/mol. The molecule has 0 atom stereocenters. The van der Waals surface area contributed by atoms with E-state index < -0.39 is 0 Å². The van der Waals surface area contributed by atoms with Gasteiger partial charge in [0.25, 0.3) is 5.91 Å². The van der Waals surface area contributed by atoms with Crippen LogP contribution in [0.25, 0.3) is 16.9 Å². The van der Waals surface area contributed by atoms with Crippen molar-refractivity contribution in [1.29, 1.82) is 0 Å². The van der Waals surface area contributed by atoms with Crippen molar-refractivity contribution in [3.63, 3.8) is 0 Å². The van der Waals surface area contributed by atoms with E-state index in [0.29, 0.717) is 16.4 Å². The fourth-order valence-electron chi connectivity index (χ4n) is 2.77. The number of para-hydroxylation sites is 1. The van der Waals surface area contributed by atoms with Crippen molar-refractivity contribution in [2.45, 2.75) is 0 Å². The Bertz CT molecular complexity index is 1160. The second-order valence-electron chi connectivity index (χ2n) is 6.14. The largest absolute Gasteiger partial charge is 0.289 e. The molecule has 2 heterocycles. The number of nitrogens with zero attached hydrogens (tertiary/aromatic N) is 4. The van der Waals surface area contributed by atoms with Crippen LogP contribution >= 0.6 is 11.6 Å². The number of pyridine rings is 1. The molecule has 2 aromatic heterocycles. The van der Waals surface area contributed by atoms with Gasteiger partial charge in [-0.3, -0.25) is 9.78 Å². The van der Waals surface area contributed by atoms with Crippen LogP contribution in [0.15, 0.2) is 90.3 Å². The first kappa shape index (κ1) is 18.6. The van der Waals surface area contributed by atoms with Crippen molar-refractivity contribution in [2.75, 3.05) is 0 Å². The lowest BCUT2D eigenvalue weighted by Gasteiger charge is -2.01. The minimum atomic E-state index is -0.387.